The number of aliphatic hydroxyl groups is 1. The summed E-state index contributed by atoms with van der Waals surface area (Å²) in [6.45, 7) is 3.64. The van der Waals surface area contributed by atoms with Crippen LogP contribution < -0.4 is 20.9 Å². The average Bonchev–Trinajstić information content (AvgIpc) is 3.22. The molecule has 0 heterocycles. The summed E-state index contributed by atoms with van der Waals surface area (Å²) >= 11 is 0. The Balaban J connectivity index is 2.02. The van der Waals surface area contributed by atoms with Crippen molar-refractivity contribution in [3.8, 4) is 11.5 Å². The molecular formula is C23H33N3O3. The summed E-state index contributed by atoms with van der Waals surface area (Å²) in [6, 6.07) is 6.09. The van der Waals surface area contributed by atoms with E-state index in [1.165, 1.54) is 12.8 Å². The maximum Gasteiger partial charge on any atom is 0.161 e. The fourth-order valence-corrected chi connectivity index (χ4v) is 4.57. The van der Waals surface area contributed by atoms with Gasteiger partial charge in [-0.1, -0.05) is 12.6 Å². The van der Waals surface area contributed by atoms with E-state index in [1.54, 1.807) is 19.5 Å². The van der Waals surface area contributed by atoms with Crippen LogP contribution in [0.1, 0.15) is 56.9 Å². The third-order valence-electron chi connectivity index (χ3n) is 6.22. The van der Waals surface area contributed by atoms with Crippen LogP contribution in [-0.2, 0) is 5.41 Å². The van der Waals surface area contributed by atoms with Crippen molar-refractivity contribution in [2.45, 2.75) is 69.0 Å². The van der Waals surface area contributed by atoms with E-state index in [9.17, 15) is 5.11 Å². The first-order valence-electron chi connectivity index (χ1n) is 10.4. The average molecular weight is 400 g/mol. The molecule has 5 N–H and O–H groups in total. The van der Waals surface area contributed by atoms with Gasteiger partial charge in [0.15, 0.2) is 11.5 Å². The van der Waals surface area contributed by atoms with Gasteiger partial charge >= 0.3 is 0 Å². The van der Waals surface area contributed by atoms with Crippen molar-refractivity contribution in [2.75, 3.05) is 7.11 Å². The standard InChI is InChI=1S/C23H33N3O3/c1-16(25)26-15-18(14-24)23(11-9-19(27)10-12-23)17-7-8-21(28-2)22(13-17)29-20-5-3-4-6-20/h7-8,13-15,19-20,27H,1,3-6,9-12,24-25H2,2H3/b18-14+,26-15?. The molecule has 0 saturated heterocycles. The second-order valence-corrected chi connectivity index (χ2v) is 8.07. The fraction of sp³-hybridized carbons (Fsp3) is 0.522. The number of allylic oxidation sites excluding steroid dienone is 1. The van der Waals surface area contributed by atoms with Gasteiger partial charge in [0.25, 0.3) is 0 Å². The van der Waals surface area contributed by atoms with Crippen LogP contribution in [0.2, 0.25) is 0 Å². The van der Waals surface area contributed by atoms with Gasteiger partial charge < -0.3 is 26.0 Å². The van der Waals surface area contributed by atoms with Gasteiger partial charge in [-0.15, -0.1) is 0 Å². The highest BCUT2D eigenvalue weighted by molar-refractivity contribution is 5.83. The van der Waals surface area contributed by atoms with Crippen LogP contribution in [0.25, 0.3) is 0 Å². The number of nitrogens with zero attached hydrogens (tertiary/aromatic N) is 1. The lowest BCUT2D eigenvalue weighted by Gasteiger charge is -2.40. The Bertz CT molecular complexity index is 774. The maximum absolute atomic E-state index is 10.1. The molecule has 6 heteroatoms. The minimum absolute atomic E-state index is 0.231. The first kappa shape index (κ1) is 21.2. The summed E-state index contributed by atoms with van der Waals surface area (Å²) in [5.74, 6) is 1.73. The van der Waals surface area contributed by atoms with Crippen LogP contribution >= 0.6 is 0 Å². The van der Waals surface area contributed by atoms with Crippen molar-refractivity contribution in [3.63, 3.8) is 0 Å². The third kappa shape index (κ3) is 4.75. The first-order chi connectivity index (χ1) is 14.0. The zero-order valence-electron chi connectivity index (χ0n) is 17.3. The van der Waals surface area contributed by atoms with E-state index in [1.807, 2.05) is 6.07 Å². The molecule has 0 unspecified atom stereocenters. The van der Waals surface area contributed by atoms with Crippen LogP contribution in [0.15, 0.2) is 47.4 Å². The number of rotatable bonds is 7. The van der Waals surface area contributed by atoms with Gasteiger partial charge in [-0.05, 0) is 80.8 Å². The molecule has 2 aliphatic carbocycles. The Hall–Kier alpha value is -2.47. The lowest BCUT2D eigenvalue weighted by atomic mass is 9.64. The molecule has 2 saturated carbocycles. The number of methoxy groups -OCH3 is 1. The fourth-order valence-electron chi connectivity index (χ4n) is 4.57. The van der Waals surface area contributed by atoms with Crippen molar-refractivity contribution < 1.29 is 14.6 Å². The van der Waals surface area contributed by atoms with Crippen molar-refractivity contribution in [1.29, 1.82) is 0 Å². The van der Waals surface area contributed by atoms with Crippen molar-refractivity contribution in [3.05, 3.63) is 47.9 Å². The highest BCUT2D eigenvalue weighted by atomic mass is 16.5. The number of benzene rings is 1. The molecule has 0 amide bonds. The molecule has 0 atom stereocenters. The smallest absolute Gasteiger partial charge is 0.161 e. The Kier molecular flexibility index (Phi) is 6.85. The molecule has 2 fully saturated rings. The maximum atomic E-state index is 10.1. The van der Waals surface area contributed by atoms with E-state index in [-0.39, 0.29) is 23.4 Å². The SMILES string of the molecule is C=C(N)N=C/C(=C\N)C1(c2ccc(OC)c(OC3CCCC3)c2)CCC(O)CC1. The summed E-state index contributed by atoms with van der Waals surface area (Å²) in [7, 11) is 1.66. The molecule has 0 bridgehead atoms. The predicted molar refractivity (Wildman–Crippen MR) is 116 cm³/mol. The molecule has 0 aliphatic heterocycles. The van der Waals surface area contributed by atoms with Gasteiger partial charge in [0.2, 0.25) is 0 Å². The van der Waals surface area contributed by atoms with E-state index in [0.29, 0.717) is 12.8 Å². The van der Waals surface area contributed by atoms with E-state index in [2.05, 4.69) is 23.7 Å². The summed E-state index contributed by atoms with van der Waals surface area (Å²) in [6.07, 6.45) is 10.7. The first-order valence-corrected chi connectivity index (χ1v) is 10.4. The van der Waals surface area contributed by atoms with Gasteiger partial charge in [0, 0.05) is 11.6 Å². The van der Waals surface area contributed by atoms with E-state index in [4.69, 9.17) is 20.9 Å². The normalized spacial score (nSPS) is 26.0. The molecule has 2 aliphatic rings. The minimum atomic E-state index is -0.368. The summed E-state index contributed by atoms with van der Waals surface area (Å²) in [5, 5.41) is 10.1. The number of ether oxygens (including phenoxy) is 2. The van der Waals surface area contributed by atoms with Gasteiger partial charge in [-0.2, -0.15) is 0 Å². The third-order valence-corrected chi connectivity index (χ3v) is 6.22. The molecule has 3 rings (SSSR count). The monoisotopic (exact) mass is 399 g/mol. The Morgan fingerprint density at radius 2 is 1.90 bits per heavy atom. The molecule has 158 valence electrons. The Labute approximate surface area is 173 Å². The topological polar surface area (TPSA) is 103 Å². The number of aliphatic hydroxyl groups excluding tert-OH is 1. The molecule has 0 spiro atoms. The Morgan fingerprint density at radius 3 is 2.48 bits per heavy atom. The van der Waals surface area contributed by atoms with Gasteiger partial charge in [0.05, 0.1) is 19.3 Å². The number of aliphatic imine (C=N–C) groups is 1. The molecule has 0 radical (unpaired) electrons. The molecule has 29 heavy (non-hydrogen) atoms. The second-order valence-electron chi connectivity index (χ2n) is 8.07. The van der Waals surface area contributed by atoms with E-state index in [0.717, 1.165) is 48.3 Å². The molecular weight excluding hydrogens is 366 g/mol. The van der Waals surface area contributed by atoms with Gasteiger partial charge in [0.1, 0.15) is 5.82 Å². The molecule has 1 aromatic carbocycles. The molecule has 6 nitrogen and oxygen atoms in total. The van der Waals surface area contributed by atoms with Crippen LogP contribution in [0.4, 0.5) is 0 Å². The summed E-state index contributed by atoms with van der Waals surface area (Å²) in [4.78, 5) is 4.19. The van der Waals surface area contributed by atoms with E-state index < -0.39 is 0 Å². The number of hydrogen-bond acceptors (Lipinski definition) is 6. The lowest BCUT2D eigenvalue weighted by molar-refractivity contribution is 0.106. The zero-order chi connectivity index (χ0) is 20.9. The predicted octanol–water partition coefficient (Wildman–Crippen LogP) is 3.53. The number of nitrogens with two attached hydrogens (primary N) is 2. The molecule has 1 aromatic rings. The Morgan fingerprint density at radius 1 is 1.21 bits per heavy atom. The van der Waals surface area contributed by atoms with Crippen molar-refractivity contribution >= 4 is 6.21 Å². The molecule has 0 aromatic heterocycles. The lowest BCUT2D eigenvalue weighted by Crippen LogP contribution is -2.36. The van der Waals surface area contributed by atoms with Gasteiger partial charge in [-0.25, -0.2) is 4.99 Å². The second kappa shape index (κ2) is 9.35. The zero-order valence-corrected chi connectivity index (χ0v) is 17.3. The summed E-state index contributed by atoms with van der Waals surface area (Å²) < 4.78 is 11.9. The highest BCUT2D eigenvalue weighted by Crippen LogP contribution is 2.47. The summed E-state index contributed by atoms with van der Waals surface area (Å²) in [5.41, 5.74) is 13.3. The van der Waals surface area contributed by atoms with Crippen molar-refractivity contribution in [2.24, 2.45) is 16.5 Å². The van der Waals surface area contributed by atoms with Crippen LogP contribution in [0.5, 0.6) is 11.5 Å². The highest BCUT2D eigenvalue weighted by Gasteiger charge is 2.40. The van der Waals surface area contributed by atoms with Crippen LogP contribution in [0.3, 0.4) is 0 Å². The minimum Gasteiger partial charge on any atom is -0.493 e. The van der Waals surface area contributed by atoms with E-state index >= 15 is 0 Å². The van der Waals surface area contributed by atoms with Crippen LogP contribution in [-0.4, -0.2) is 30.6 Å². The quantitative estimate of drug-likeness (QED) is 0.609. The van der Waals surface area contributed by atoms with Crippen molar-refractivity contribution in [1.82, 2.24) is 0 Å². The largest absolute Gasteiger partial charge is 0.493 e. The van der Waals surface area contributed by atoms with Crippen LogP contribution in [0, 0.1) is 0 Å². The van der Waals surface area contributed by atoms with Gasteiger partial charge in [-0.3, -0.25) is 0 Å². The number of hydrogen-bond donors (Lipinski definition) is 3.